The molecule has 0 spiro atoms. The third-order valence-electron chi connectivity index (χ3n) is 6.75. The van der Waals surface area contributed by atoms with Gasteiger partial charge in [-0.3, -0.25) is 0 Å². The Morgan fingerprint density at radius 3 is 2.25 bits per heavy atom. The zero-order valence-corrected chi connectivity index (χ0v) is 12.5. The lowest BCUT2D eigenvalue weighted by molar-refractivity contribution is -0.0182. The minimum Gasteiger partial charge on any atom is -0.307 e. The second-order valence-electron chi connectivity index (χ2n) is 8.54. The zero-order chi connectivity index (χ0) is 13.2. The molecule has 6 aliphatic carbocycles. The van der Waals surface area contributed by atoms with Gasteiger partial charge in [0, 0.05) is 12.1 Å². The lowest BCUT2D eigenvalue weighted by atomic mass is 9.53. The van der Waals surface area contributed by atoms with Crippen LogP contribution in [0.1, 0.15) is 57.8 Å². The fourth-order valence-electron chi connectivity index (χ4n) is 6.06. The van der Waals surface area contributed by atoms with Crippen LogP contribution in [-0.4, -0.2) is 12.1 Å². The molecule has 0 aromatic rings. The summed E-state index contributed by atoms with van der Waals surface area (Å²) in [6.07, 6.45) is 18.2. The first-order chi connectivity index (χ1) is 9.78. The van der Waals surface area contributed by atoms with Crippen molar-refractivity contribution in [2.24, 2.45) is 23.7 Å². The molecule has 4 bridgehead atoms. The summed E-state index contributed by atoms with van der Waals surface area (Å²) in [6, 6.07) is 0. The molecule has 1 heteroatoms. The van der Waals surface area contributed by atoms with Crippen molar-refractivity contribution in [2.75, 3.05) is 6.54 Å². The highest BCUT2D eigenvalue weighted by Gasteiger charge is 2.50. The SMILES string of the molecule is C1=C(CNC23CC4CC(CC(C4)C2)C3)CC=C1C1CC1. The van der Waals surface area contributed by atoms with E-state index in [1.165, 1.54) is 45.1 Å². The normalized spacial score (nSPS) is 45.7. The van der Waals surface area contributed by atoms with Gasteiger partial charge in [0.05, 0.1) is 0 Å². The average molecular weight is 269 g/mol. The first kappa shape index (κ1) is 12.0. The molecule has 6 aliphatic rings. The van der Waals surface area contributed by atoms with Crippen LogP contribution < -0.4 is 5.32 Å². The molecule has 0 unspecified atom stereocenters. The van der Waals surface area contributed by atoms with Crippen LogP contribution in [0.3, 0.4) is 0 Å². The molecule has 6 rings (SSSR count). The lowest BCUT2D eigenvalue weighted by Gasteiger charge is -2.57. The summed E-state index contributed by atoms with van der Waals surface area (Å²) >= 11 is 0. The molecule has 0 saturated heterocycles. The third-order valence-corrected chi connectivity index (χ3v) is 6.75. The van der Waals surface area contributed by atoms with Gasteiger partial charge >= 0.3 is 0 Å². The van der Waals surface area contributed by atoms with Crippen molar-refractivity contribution in [3.8, 4) is 0 Å². The van der Waals surface area contributed by atoms with Crippen molar-refractivity contribution in [1.29, 1.82) is 0 Å². The van der Waals surface area contributed by atoms with E-state index in [1.807, 2.05) is 0 Å². The lowest BCUT2D eigenvalue weighted by Crippen LogP contribution is -2.58. The largest absolute Gasteiger partial charge is 0.307 e. The molecule has 5 fully saturated rings. The molecule has 20 heavy (non-hydrogen) atoms. The molecule has 1 N–H and O–H groups in total. The molecule has 5 saturated carbocycles. The van der Waals surface area contributed by atoms with Crippen molar-refractivity contribution in [1.82, 2.24) is 5.32 Å². The molecule has 0 heterocycles. The fourth-order valence-corrected chi connectivity index (χ4v) is 6.06. The molecule has 108 valence electrons. The summed E-state index contributed by atoms with van der Waals surface area (Å²) < 4.78 is 0. The van der Waals surface area contributed by atoms with Crippen molar-refractivity contribution in [3.05, 3.63) is 23.3 Å². The molecule has 0 aromatic carbocycles. The van der Waals surface area contributed by atoms with E-state index in [0.29, 0.717) is 5.54 Å². The van der Waals surface area contributed by atoms with Crippen LogP contribution in [0.25, 0.3) is 0 Å². The summed E-state index contributed by atoms with van der Waals surface area (Å²) in [5, 5.41) is 4.05. The summed E-state index contributed by atoms with van der Waals surface area (Å²) in [5.74, 6) is 4.12. The Morgan fingerprint density at radius 1 is 1.00 bits per heavy atom. The van der Waals surface area contributed by atoms with E-state index in [1.54, 1.807) is 30.4 Å². The zero-order valence-electron chi connectivity index (χ0n) is 12.5. The Hall–Kier alpha value is -0.560. The van der Waals surface area contributed by atoms with Crippen LogP contribution >= 0.6 is 0 Å². The molecular weight excluding hydrogens is 242 g/mol. The van der Waals surface area contributed by atoms with Crippen molar-refractivity contribution < 1.29 is 0 Å². The van der Waals surface area contributed by atoms with Gasteiger partial charge in [0.25, 0.3) is 0 Å². The smallest absolute Gasteiger partial charge is 0.0192 e. The van der Waals surface area contributed by atoms with Gasteiger partial charge in [-0.2, -0.15) is 0 Å². The standard InChI is InChI=1S/C19H27N/c1-2-18(17-3-4-17)8-13(1)12-20-19-9-14-5-15(10-19)7-16(6-14)11-19/h2,8,14-17,20H,1,3-7,9-12H2. The number of allylic oxidation sites excluding steroid dienone is 3. The van der Waals surface area contributed by atoms with Crippen LogP contribution in [0.2, 0.25) is 0 Å². The number of hydrogen-bond donors (Lipinski definition) is 1. The van der Waals surface area contributed by atoms with Crippen molar-refractivity contribution >= 4 is 0 Å². The number of nitrogens with one attached hydrogen (secondary N) is 1. The van der Waals surface area contributed by atoms with Gasteiger partial charge < -0.3 is 5.32 Å². The molecular formula is C19H27N. The van der Waals surface area contributed by atoms with Gasteiger partial charge in [-0.25, -0.2) is 0 Å². The number of rotatable bonds is 4. The molecule has 0 atom stereocenters. The van der Waals surface area contributed by atoms with E-state index < -0.39 is 0 Å². The van der Waals surface area contributed by atoms with Gasteiger partial charge in [0.2, 0.25) is 0 Å². The van der Waals surface area contributed by atoms with E-state index >= 15 is 0 Å². The second kappa shape index (κ2) is 4.22. The van der Waals surface area contributed by atoms with Crippen LogP contribution in [0, 0.1) is 23.7 Å². The Bertz CT molecular complexity index is 445. The van der Waals surface area contributed by atoms with Gasteiger partial charge in [-0.15, -0.1) is 0 Å². The van der Waals surface area contributed by atoms with Crippen molar-refractivity contribution in [3.63, 3.8) is 0 Å². The minimum atomic E-state index is 0.540. The average Bonchev–Trinajstić information content (AvgIpc) is 3.14. The monoisotopic (exact) mass is 269 g/mol. The maximum atomic E-state index is 4.05. The highest BCUT2D eigenvalue weighted by molar-refractivity contribution is 5.37. The Morgan fingerprint density at radius 2 is 1.65 bits per heavy atom. The molecule has 0 aromatic heterocycles. The summed E-state index contributed by atoms with van der Waals surface area (Å²) in [6.45, 7) is 1.17. The van der Waals surface area contributed by atoms with Gasteiger partial charge in [-0.1, -0.05) is 17.7 Å². The molecule has 0 amide bonds. The molecule has 0 aliphatic heterocycles. The first-order valence-corrected chi connectivity index (χ1v) is 8.93. The van der Waals surface area contributed by atoms with E-state index in [4.69, 9.17) is 0 Å². The van der Waals surface area contributed by atoms with Gasteiger partial charge in [0.15, 0.2) is 0 Å². The third kappa shape index (κ3) is 2.01. The first-order valence-electron chi connectivity index (χ1n) is 8.93. The van der Waals surface area contributed by atoms with Crippen LogP contribution in [-0.2, 0) is 0 Å². The topological polar surface area (TPSA) is 12.0 Å². The number of hydrogen-bond acceptors (Lipinski definition) is 1. The fraction of sp³-hybridized carbons (Fsp3) is 0.789. The minimum absolute atomic E-state index is 0.540. The maximum absolute atomic E-state index is 4.05. The predicted molar refractivity (Wildman–Crippen MR) is 82.4 cm³/mol. The summed E-state index contributed by atoms with van der Waals surface area (Å²) in [4.78, 5) is 0. The maximum Gasteiger partial charge on any atom is 0.0192 e. The van der Waals surface area contributed by atoms with E-state index in [-0.39, 0.29) is 0 Å². The predicted octanol–water partition coefficient (Wildman–Crippen LogP) is 4.21. The Balaban J connectivity index is 1.25. The van der Waals surface area contributed by atoms with E-state index in [9.17, 15) is 0 Å². The van der Waals surface area contributed by atoms with Crippen molar-refractivity contribution in [2.45, 2.75) is 63.3 Å². The van der Waals surface area contributed by atoms with E-state index in [0.717, 1.165) is 23.7 Å². The molecule has 0 radical (unpaired) electrons. The molecule has 1 nitrogen and oxygen atoms in total. The second-order valence-corrected chi connectivity index (χ2v) is 8.54. The highest BCUT2D eigenvalue weighted by Crippen LogP contribution is 2.55. The Labute approximate surface area is 122 Å². The quantitative estimate of drug-likeness (QED) is 0.806. The summed E-state index contributed by atoms with van der Waals surface area (Å²) in [5.41, 5.74) is 3.85. The highest BCUT2D eigenvalue weighted by atomic mass is 15.0. The van der Waals surface area contributed by atoms with Crippen LogP contribution in [0.15, 0.2) is 23.3 Å². The Kier molecular flexibility index (Phi) is 2.54. The van der Waals surface area contributed by atoms with Crippen LogP contribution in [0.5, 0.6) is 0 Å². The van der Waals surface area contributed by atoms with Crippen LogP contribution in [0.4, 0.5) is 0 Å². The van der Waals surface area contributed by atoms with Gasteiger partial charge in [-0.05, 0) is 87.0 Å². The summed E-state index contributed by atoms with van der Waals surface area (Å²) in [7, 11) is 0. The van der Waals surface area contributed by atoms with E-state index in [2.05, 4.69) is 17.5 Å². The van der Waals surface area contributed by atoms with Gasteiger partial charge in [0.1, 0.15) is 0 Å².